The predicted octanol–water partition coefficient (Wildman–Crippen LogP) is 0.404. The van der Waals surface area contributed by atoms with Crippen molar-refractivity contribution in [2.24, 2.45) is 0 Å². The van der Waals surface area contributed by atoms with E-state index in [4.69, 9.17) is 19.4 Å². The van der Waals surface area contributed by atoms with Crippen LogP contribution in [0.3, 0.4) is 0 Å². The molecule has 0 aromatic rings. The van der Waals surface area contributed by atoms with E-state index in [1.165, 1.54) is 0 Å². The van der Waals surface area contributed by atoms with Crippen LogP contribution in [-0.4, -0.2) is 76.1 Å². The number of rotatable bonds is 5. The van der Waals surface area contributed by atoms with Crippen LogP contribution < -0.4 is 0 Å². The van der Waals surface area contributed by atoms with Crippen LogP contribution in [0.25, 0.3) is 0 Å². The van der Waals surface area contributed by atoms with Crippen LogP contribution in [0.5, 0.6) is 0 Å². The van der Waals surface area contributed by atoms with E-state index in [1.807, 2.05) is 6.92 Å². The van der Waals surface area contributed by atoms with Gasteiger partial charge in [-0.2, -0.15) is 0 Å². The molecule has 0 unspecified atom stereocenters. The first-order valence-corrected chi connectivity index (χ1v) is 5.76. The Morgan fingerprint density at radius 3 is 2.00 bits per heavy atom. The molecule has 0 heterocycles. The van der Waals surface area contributed by atoms with Crippen molar-refractivity contribution in [3.8, 4) is 0 Å². The van der Waals surface area contributed by atoms with Gasteiger partial charge in [0.25, 0.3) is 0 Å². The molecule has 0 atom stereocenters. The molecule has 7 heteroatoms. The molecule has 3 N–H and O–H groups in total. The number of carbonyl (C=O) groups is 1. The second kappa shape index (κ2) is 17.7. The molecule has 5 nitrogen and oxygen atoms in total. The van der Waals surface area contributed by atoms with E-state index < -0.39 is 8.60 Å². The van der Waals surface area contributed by atoms with Gasteiger partial charge in [0.1, 0.15) is 0 Å². The maximum absolute atomic E-state index is 10.7. The van der Waals surface area contributed by atoms with E-state index >= 15 is 0 Å². The SMILES string of the molecule is CCCCCC(=O)OCC.OP(O)O.[BaH2]. The number of hydrogen-bond acceptors (Lipinski definition) is 5. The van der Waals surface area contributed by atoms with E-state index in [9.17, 15) is 4.79 Å². The van der Waals surface area contributed by atoms with Crippen LogP contribution in [0, 0.1) is 0 Å². The van der Waals surface area contributed by atoms with Crippen molar-refractivity contribution in [3.05, 3.63) is 0 Å². The molecule has 0 saturated heterocycles. The Labute approximate surface area is 132 Å². The zero-order valence-corrected chi connectivity index (χ0v) is 9.54. The van der Waals surface area contributed by atoms with Gasteiger partial charge in [-0.05, 0) is 13.3 Å². The summed E-state index contributed by atoms with van der Waals surface area (Å²) >= 11 is 0. The van der Waals surface area contributed by atoms with Crippen molar-refractivity contribution in [1.29, 1.82) is 0 Å². The number of ether oxygens (including phenoxy) is 1. The minimum atomic E-state index is -2.62. The van der Waals surface area contributed by atoms with E-state index in [0.717, 1.165) is 19.3 Å². The second-order valence-corrected chi connectivity index (χ2v) is 3.07. The molecule has 0 aliphatic heterocycles. The van der Waals surface area contributed by atoms with Crippen LogP contribution in [0.4, 0.5) is 0 Å². The Morgan fingerprint density at radius 2 is 1.67 bits per heavy atom. The van der Waals surface area contributed by atoms with Crippen molar-refractivity contribution >= 4 is 63.5 Å². The Balaban J connectivity index is -0.000000249. The predicted molar refractivity (Wildman–Crippen MR) is 62.9 cm³/mol. The Morgan fingerprint density at radius 1 is 1.20 bits per heavy atom. The summed E-state index contributed by atoms with van der Waals surface area (Å²) in [6.07, 6.45) is 3.83. The molecule has 0 bridgehead atoms. The van der Waals surface area contributed by atoms with E-state index in [1.54, 1.807) is 0 Å². The molecular formula is C8H21BaO5P. The van der Waals surface area contributed by atoms with Crippen LogP contribution >= 0.6 is 8.60 Å². The third kappa shape index (κ3) is 31.3. The fourth-order valence-corrected chi connectivity index (χ4v) is 0.752. The molecule has 0 aliphatic carbocycles. The minimum absolute atomic E-state index is 0. The molecule has 0 amide bonds. The number of hydrogen-bond donors (Lipinski definition) is 3. The van der Waals surface area contributed by atoms with Gasteiger partial charge in [-0.1, -0.05) is 19.8 Å². The van der Waals surface area contributed by atoms with Gasteiger partial charge in [0.05, 0.1) is 6.61 Å². The Kier molecular flexibility index (Phi) is 25.6. The van der Waals surface area contributed by atoms with Crippen LogP contribution in [0.1, 0.15) is 39.5 Å². The van der Waals surface area contributed by atoms with Crippen molar-refractivity contribution in [1.82, 2.24) is 0 Å². The van der Waals surface area contributed by atoms with Crippen LogP contribution in [0.2, 0.25) is 0 Å². The van der Waals surface area contributed by atoms with Crippen LogP contribution in [-0.2, 0) is 9.53 Å². The first-order chi connectivity index (χ1) is 6.54. The van der Waals surface area contributed by atoms with Gasteiger partial charge in [-0.25, -0.2) is 0 Å². The Hall–Kier alpha value is 1.35. The molecule has 0 fully saturated rings. The molecular weight excluding hydrogens is 344 g/mol. The molecule has 90 valence electrons. The third-order valence-corrected chi connectivity index (χ3v) is 1.29. The van der Waals surface area contributed by atoms with Gasteiger partial charge < -0.3 is 19.4 Å². The summed E-state index contributed by atoms with van der Waals surface area (Å²) in [5, 5.41) is 0. The zero-order valence-electron chi connectivity index (χ0n) is 8.64. The number of carbonyl (C=O) groups excluding carboxylic acids is 1. The standard InChI is InChI=1S/C8H16O2.Ba.H3O3P.2H/c1-3-5-6-7-8(9)10-4-2;;1-4(2)3;;/h3-7H2,1-2H3;;1-3H;;. The molecule has 0 aromatic heterocycles. The van der Waals surface area contributed by atoms with Gasteiger partial charge in [0.2, 0.25) is 0 Å². The molecule has 0 radical (unpaired) electrons. The van der Waals surface area contributed by atoms with Gasteiger partial charge in [-0.15, -0.1) is 0 Å². The average molecular weight is 366 g/mol. The van der Waals surface area contributed by atoms with Crippen molar-refractivity contribution in [3.63, 3.8) is 0 Å². The number of esters is 1. The summed E-state index contributed by atoms with van der Waals surface area (Å²) < 4.78 is 4.75. The summed E-state index contributed by atoms with van der Waals surface area (Å²) in [5.41, 5.74) is 0. The van der Waals surface area contributed by atoms with E-state index in [-0.39, 0.29) is 54.9 Å². The summed E-state index contributed by atoms with van der Waals surface area (Å²) in [6, 6.07) is 0. The zero-order chi connectivity index (χ0) is 11.4. The van der Waals surface area contributed by atoms with Crippen molar-refractivity contribution < 1.29 is 24.2 Å². The number of unbranched alkanes of at least 4 members (excludes halogenated alkanes) is 2. The average Bonchev–Trinajstić information content (AvgIpc) is 2.04. The fourth-order valence-electron chi connectivity index (χ4n) is 0.752. The van der Waals surface area contributed by atoms with Gasteiger partial charge in [0, 0.05) is 6.42 Å². The molecule has 0 rings (SSSR count). The Bertz CT molecular complexity index is 131. The summed E-state index contributed by atoms with van der Waals surface area (Å²) in [7, 11) is -2.62. The third-order valence-electron chi connectivity index (χ3n) is 1.29. The van der Waals surface area contributed by atoms with E-state index in [2.05, 4.69) is 6.92 Å². The van der Waals surface area contributed by atoms with Gasteiger partial charge in [-0.3, -0.25) is 4.79 Å². The summed E-state index contributed by atoms with van der Waals surface area (Å²) in [4.78, 5) is 32.4. The summed E-state index contributed by atoms with van der Waals surface area (Å²) in [6.45, 7) is 4.45. The normalized spacial score (nSPS) is 8.67. The molecule has 15 heavy (non-hydrogen) atoms. The first-order valence-electron chi connectivity index (χ1n) is 4.56. The van der Waals surface area contributed by atoms with Crippen molar-refractivity contribution in [2.45, 2.75) is 39.5 Å². The molecule has 0 saturated carbocycles. The first kappa shape index (κ1) is 21.6. The van der Waals surface area contributed by atoms with Gasteiger partial charge in [0.15, 0.2) is 0 Å². The topological polar surface area (TPSA) is 87.0 Å². The van der Waals surface area contributed by atoms with Crippen molar-refractivity contribution in [2.75, 3.05) is 6.61 Å². The van der Waals surface area contributed by atoms with Gasteiger partial charge >= 0.3 is 63.5 Å². The molecule has 0 aliphatic rings. The monoisotopic (exact) mass is 366 g/mol. The van der Waals surface area contributed by atoms with Crippen LogP contribution in [0.15, 0.2) is 0 Å². The van der Waals surface area contributed by atoms with E-state index in [0.29, 0.717) is 13.0 Å². The molecule has 0 aromatic carbocycles. The summed E-state index contributed by atoms with van der Waals surface area (Å²) in [5.74, 6) is -0.0593. The quantitative estimate of drug-likeness (QED) is 0.284. The molecule has 0 spiro atoms. The second-order valence-electron chi connectivity index (χ2n) is 2.53. The fraction of sp³-hybridized carbons (Fsp3) is 0.875. The maximum atomic E-state index is 10.7.